The van der Waals surface area contributed by atoms with Crippen LogP contribution in [0.1, 0.15) is 31.1 Å². The van der Waals surface area contributed by atoms with E-state index in [2.05, 4.69) is 5.32 Å². The summed E-state index contributed by atoms with van der Waals surface area (Å²) in [6.07, 6.45) is -0.285. The summed E-state index contributed by atoms with van der Waals surface area (Å²) < 4.78 is 5.01. The number of hydrogen-bond acceptors (Lipinski definition) is 5. The van der Waals surface area contributed by atoms with Crippen LogP contribution in [0.5, 0.6) is 0 Å². The highest BCUT2D eigenvalue weighted by molar-refractivity contribution is 5.93. The van der Waals surface area contributed by atoms with Crippen LogP contribution in [0.25, 0.3) is 0 Å². The van der Waals surface area contributed by atoms with Crippen LogP contribution < -0.4 is 5.32 Å². The quantitative estimate of drug-likeness (QED) is 0.515. The maximum absolute atomic E-state index is 11.6. The fourth-order valence-corrected chi connectivity index (χ4v) is 1.28. The molecule has 0 saturated heterocycles. The summed E-state index contributed by atoms with van der Waals surface area (Å²) in [6, 6.07) is 3.55. The van der Waals surface area contributed by atoms with Crippen LogP contribution in [-0.4, -0.2) is 22.9 Å². The van der Waals surface area contributed by atoms with Crippen molar-refractivity contribution >= 4 is 23.8 Å². The van der Waals surface area contributed by atoms with Gasteiger partial charge in [-0.25, -0.2) is 4.79 Å². The Morgan fingerprint density at radius 2 is 2.05 bits per heavy atom. The van der Waals surface area contributed by atoms with Gasteiger partial charge in [-0.15, -0.1) is 0 Å². The molecule has 0 aliphatic heterocycles. The van der Waals surface area contributed by atoms with Crippen molar-refractivity contribution in [3.63, 3.8) is 0 Å². The number of aldehydes is 1. The molecule has 0 aliphatic carbocycles. The molecule has 0 radical (unpaired) electrons. The van der Waals surface area contributed by atoms with Crippen molar-refractivity contribution in [2.75, 3.05) is 5.32 Å². The van der Waals surface area contributed by atoms with Crippen LogP contribution in [0.3, 0.4) is 0 Å². The summed E-state index contributed by atoms with van der Waals surface area (Å²) in [5, 5.41) is 13.0. The highest BCUT2D eigenvalue weighted by atomic mass is 16.6. The van der Waals surface area contributed by atoms with E-state index in [1.165, 1.54) is 12.1 Å². The van der Waals surface area contributed by atoms with Gasteiger partial charge in [-0.3, -0.25) is 20.2 Å². The minimum absolute atomic E-state index is 0.0402. The second-order valence-electron chi connectivity index (χ2n) is 4.77. The Morgan fingerprint density at radius 3 is 2.53 bits per heavy atom. The van der Waals surface area contributed by atoms with Crippen LogP contribution >= 0.6 is 0 Å². The fraction of sp³-hybridized carbons (Fsp3) is 0.333. The van der Waals surface area contributed by atoms with E-state index in [1.807, 2.05) is 0 Å². The van der Waals surface area contributed by atoms with Gasteiger partial charge >= 0.3 is 6.09 Å². The van der Waals surface area contributed by atoms with E-state index in [9.17, 15) is 19.7 Å². The maximum Gasteiger partial charge on any atom is 0.412 e. The first kappa shape index (κ1) is 14.6. The minimum atomic E-state index is -0.781. The van der Waals surface area contributed by atoms with Gasteiger partial charge in [0.05, 0.1) is 10.6 Å². The predicted molar refractivity (Wildman–Crippen MR) is 68.3 cm³/mol. The summed E-state index contributed by atoms with van der Waals surface area (Å²) in [6.45, 7) is 5.04. The normalized spacial score (nSPS) is 10.7. The first-order valence-electron chi connectivity index (χ1n) is 5.46. The van der Waals surface area contributed by atoms with E-state index < -0.39 is 16.6 Å². The highest BCUT2D eigenvalue weighted by Gasteiger charge is 2.18. The lowest BCUT2D eigenvalue weighted by Gasteiger charge is -2.19. The van der Waals surface area contributed by atoms with Crippen LogP contribution in [0.2, 0.25) is 0 Å². The van der Waals surface area contributed by atoms with Gasteiger partial charge in [-0.05, 0) is 26.8 Å². The van der Waals surface area contributed by atoms with E-state index in [0.29, 0.717) is 6.29 Å². The molecular formula is C12H14N2O5. The summed E-state index contributed by atoms with van der Waals surface area (Å²) in [5.74, 6) is 0. The number of nitro benzene ring substituents is 1. The number of amides is 1. The second kappa shape index (κ2) is 5.47. The number of nitrogens with zero attached hydrogens (tertiary/aromatic N) is 1. The summed E-state index contributed by atoms with van der Waals surface area (Å²) >= 11 is 0. The third kappa shape index (κ3) is 4.38. The van der Waals surface area contributed by atoms with Gasteiger partial charge in [-0.1, -0.05) is 0 Å². The van der Waals surface area contributed by atoms with Gasteiger partial charge in [0.1, 0.15) is 5.60 Å². The average Bonchev–Trinajstić information content (AvgIpc) is 2.26. The molecule has 1 N–H and O–H groups in total. The molecule has 1 amide bonds. The molecule has 1 rings (SSSR count). The molecule has 0 heterocycles. The zero-order valence-corrected chi connectivity index (χ0v) is 10.8. The first-order chi connectivity index (χ1) is 8.73. The largest absolute Gasteiger partial charge is 0.444 e. The predicted octanol–water partition coefficient (Wildman–Crippen LogP) is 2.75. The molecule has 0 unspecified atom stereocenters. The van der Waals surface area contributed by atoms with E-state index in [1.54, 1.807) is 20.8 Å². The first-order valence-corrected chi connectivity index (χ1v) is 5.46. The van der Waals surface area contributed by atoms with Crippen LogP contribution in [0.15, 0.2) is 18.2 Å². The van der Waals surface area contributed by atoms with Gasteiger partial charge in [0.2, 0.25) is 0 Å². The number of carbonyl (C=O) groups excluding carboxylic acids is 2. The number of non-ortho nitro benzene ring substituents is 1. The number of hydrogen-bond donors (Lipinski definition) is 1. The van der Waals surface area contributed by atoms with Crippen molar-refractivity contribution in [1.29, 1.82) is 0 Å². The number of nitro groups is 1. The molecule has 0 saturated carbocycles. The summed E-state index contributed by atoms with van der Waals surface area (Å²) in [7, 11) is 0. The molecule has 102 valence electrons. The fourth-order valence-electron chi connectivity index (χ4n) is 1.28. The third-order valence-electron chi connectivity index (χ3n) is 2.01. The molecule has 0 spiro atoms. The average molecular weight is 266 g/mol. The van der Waals surface area contributed by atoms with Gasteiger partial charge < -0.3 is 4.74 Å². The number of rotatable bonds is 3. The standard InChI is InChI=1S/C12H14N2O5/c1-12(2,3)19-11(16)13-10-6-9(14(17)18)5-4-8(10)7-15/h4-7H,1-3H3,(H,13,16). The van der Waals surface area contributed by atoms with Crippen molar-refractivity contribution < 1.29 is 19.2 Å². The van der Waals surface area contributed by atoms with E-state index in [0.717, 1.165) is 6.07 Å². The van der Waals surface area contributed by atoms with E-state index in [4.69, 9.17) is 4.74 Å². The van der Waals surface area contributed by atoms with Crippen LogP contribution in [0.4, 0.5) is 16.2 Å². The maximum atomic E-state index is 11.6. The van der Waals surface area contributed by atoms with Gasteiger partial charge in [0.25, 0.3) is 5.69 Å². The molecule has 19 heavy (non-hydrogen) atoms. The molecular weight excluding hydrogens is 252 g/mol. The van der Waals surface area contributed by atoms with Crippen LogP contribution in [-0.2, 0) is 4.74 Å². The van der Waals surface area contributed by atoms with Crippen LogP contribution in [0, 0.1) is 10.1 Å². The number of ether oxygens (including phenoxy) is 1. The summed E-state index contributed by atoms with van der Waals surface area (Å²) in [5.41, 5.74) is -0.752. The Labute approximate surface area is 109 Å². The number of nitrogens with one attached hydrogen (secondary N) is 1. The third-order valence-corrected chi connectivity index (χ3v) is 2.01. The molecule has 1 aromatic rings. The minimum Gasteiger partial charge on any atom is -0.444 e. The monoisotopic (exact) mass is 266 g/mol. The molecule has 0 aromatic heterocycles. The lowest BCUT2D eigenvalue weighted by atomic mass is 10.1. The zero-order chi connectivity index (χ0) is 14.6. The Kier molecular flexibility index (Phi) is 4.21. The van der Waals surface area contributed by atoms with Crippen molar-refractivity contribution in [2.45, 2.75) is 26.4 Å². The van der Waals surface area contributed by atoms with Gasteiger partial charge in [0.15, 0.2) is 6.29 Å². The molecule has 7 heteroatoms. The summed E-state index contributed by atoms with van der Waals surface area (Å²) in [4.78, 5) is 32.4. The van der Waals surface area contributed by atoms with Crippen molar-refractivity contribution in [3.05, 3.63) is 33.9 Å². The second-order valence-corrected chi connectivity index (χ2v) is 4.77. The molecule has 0 atom stereocenters. The van der Waals surface area contributed by atoms with Gasteiger partial charge in [-0.2, -0.15) is 0 Å². The topological polar surface area (TPSA) is 98.5 Å². The molecule has 1 aromatic carbocycles. The van der Waals surface area contributed by atoms with Crippen molar-refractivity contribution in [3.8, 4) is 0 Å². The van der Waals surface area contributed by atoms with E-state index >= 15 is 0 Å². The molecule has 0 bridgehead atoms. The number of carbonyl (C=O) groups is 2. The smallest absolute Gasteiger partial charge is 0.412 e. The zero-order valence-electron chi connectivity index (χ0n) is 10.8. The Hall–Kier alpha value is -2.44. The molecule has 7 nitrogen and oxygen atoms in total. The Bertz CT molecular complexity index is 519. The highest BCUT2D eigenvalue weighted by Crippen LogP contribution is 2.22. The Morgan fingerprint density at radius 1 is 1.42 bits per heavy atom. The van der Waals surface area contributed by atoms with Crippen molar-refractivity contribution in [1.82, 2.24) is 0 Å². The van der Waals surface area contributed by atoms with Crippen molar-refractivity contribution in [2.24, 2.45) is 0 Å². The Balaban J connectivity index is 2.98. The van der Waals surface area contributed by atoms with Gasteiger partial charge in [0, 0.05) is 17.7 Å². The number of benzene rings is 1. The SMILES string of the molecule is CC(C)(C)OC(=O)Nc1cc([N+](=O)[O-])ccc1C=O. The molecule has 0 aliphatic rings. The number of anilines is 1. The lowest BCUT2D eigenvalue weighted by molar-refractivity contribution is -0.384. The lowest BCUT2D eigenvalue weighted by Crippen LogP contribution is -2.27. The molecule has 0 fully saturated rings. The van der Waals surface area contributed by atoms with E-state index in [-0.39, 0.29) is 16.9 Å².